The number of aryl methyl sites for hydroxylation is 1. The van der Waals surface area contributed by atoms with Crippen molar-refractivity contribution in [1.82, 2.24) is 5.32 Å². The Hall–Kier alpha value is -1.13. The van der Waals surface area contributed by atoms with E-state index in [0.29, 0.717) is 17.5 Å². The van der Waals surface area contributed by atoms with E-state index in [1.807, 2.05) is 19.1 Å². The lowest BCUT2D eigenvalue weighted by Crippen LogP contribution is -2.27. The van der Waals surface area contributed by atoms with E-state index in [1.165, 1.54) is 31.1 Å². The van der Waals surface area contributed by atoms with Gasteiger partial charge in [-0.2, -0.15) is 0 Å². The van der Waals surface area contributed by atoms with E-state index < -0.39 is 9.84 Å². The molecule has 0 unspecified atom stereocenters. The Balaban J connectivity index is 1.83. The molecule has 1 aliphatic carbocycles. The zero-order valence-corrected chi connectivity index (χ0v) is 12.0. The summed E-state index contributed by atoms with van der Waals surface area (Å²) >= 11 is 0. The van der Waals surface area contributed by atoms with Crippen LogP contribution in [0.2, 0.25) is 0 Å². The topological polar surface area (TPSA) is 46.2 Å². The first-order valence-corrected chi connectivity index (χ1v) is 8.41. The van der Waals surface area contributed by atoms with Crippen LogP contribution in [0.4, 0.5) is 0 Å². The molecule has 3 rings (SSSR count). The molecule has 0 atom stereocenters. The Labute approximate surface area is 114 Å². The molecule has 0 aromatic heterocycles. The third-order valence-electron chi connectivity index (χ3n) is 4.02. The summed E-state index contributed by atoms with van der Waals surface area (Å²) in [5.41, 5.74) is 2.76. The molecule has 0 radical (unpaired) electrons. The molecule has 3 nitrogen and oxygen atoms in total. The number of rotatable bonds is 3. The molecule has 1 aliphatic heterocycles. The van der Waals surface area contributed by atoms with Gasteiger partial charge >= 0.3 is 0 Å². The van der Waals surface area contributed by atoms with Crippen molar-refractivity contribution in [3.63, 3.8) is 0 Å². The summed E-state index contributed by atoms with van der Waals surface area (Å²) in [4.78, 5) is 0.468. The molecule has 0 spiro atoms. The van der Waals surface area contributed by atoms with Crippen molar-refractivity contribution < 1.29 is 8.42 Å². The lowest BCUT2D eigenvalue weighted by molar-refractivity contribution is 0.560. The summed E-state index contributed by atoms with van der Waals surface area (Å²) in [6, 6.07) is 6.22. The normalized spacial score (nSPS) is 21.4. The first-order valence-electron chi connectivity index (χ1n) is 6.86. The molecule has 1 saturated carbocycles. The molecule has 0 saturated heterocycles. The quantitative estimate of drug-likeness (QED) is 0.924. The van der Waals surface area contributed by atoms with Gasteiger partial charge in [-0.25, -0.2) is 8.42 Å². The van der Waals surface area contributed by atoms with Crippen LogP contribution in [0.1, 0.15) is 36.8 Å². The minimum absolute atomic E-state index is 0.468. The molecule has 19 heavy (non-hydrogen) atoms. The van der Waals surface area contributed by atoms with Crippen molar-refractivity contribution >= 4 is 15.4 Å². The summed E-state index contributed by atoms with van der Waals surface area (Å²) in [7, 11) is -3.23. The zero-order chi connectivity index (χ0) is 13.5. The van der Waals surface area contributed by atoms with E-state index in [2.05, 4.69) is 5.32 Å². The van der Waals surface area contributed by atoms with E-state index in [0.717, 1.165) is 16.7 Å². The number of hydrogen-bond acceptors (Lipinski definition) is 3. The van der Waals surface area contributed by atoms with Gasteiger partial charge in [-0.05, 0) is 42.5 Å². The van der Waals surface area contributed by atoms with Crippen LogP contribution in [-0.4, -0.2) is 21.0 Å². The largest absolute Gasteiger partial charge is 0.310 e. The lowest BCUT2D eigenvalue weighted by atomic mass is 10.1. The van der Waals surface area contributed by atoms with Crippen LogP contribution in [0.25, 0.3) is 5.57 Å². The van der Waals surface area contributed by atoms with Gasteiger partial charge in [0, 0.05) is 18.0 Å². The maximum absolute atomic E-state index is 12.1. The SMILES string of the molecule is Cc1ccc2c(c1)S(=O)(=O)C=C2CNC1CCCC1. The van der Waals surface area contributed by atoms with Crippen molar-refractivity contribution in [3.8, 4) is 0 Å². The van der Waals surface area contributed by atoms with Crippen molar-refractivity contribution in [3.05, 3.63) is 34.7 Å². The van der Waals surface area contributed by atoms with Crippen LogP contribution < -0.4 is 5.32 Å². The number of sulfone groups is 1. The molecule has 1 aromatic rings. The lowest BCUT2D eigenvalue weighted by Gasteiger charge is -2.12. The van der Waals surface area contributed by atoms with Gasteiger partial charge in [-0.1, -0.05) is 25.0 Å². The van der Waals surface area contributed by atoms with E-state index in [1.54, 1.807) is 6.07 Å². The maximum Gasteiger partial charge on any atom is 0.200 e. The number of nitrogens with one attached hydrogen (secondary N) is 1. The monoisotopic (exact) mass is 277 g/mol. The molecule has 2 aliphatic rings. The summed E-state index contributed by atoms with van der Waals surface area (Å²) in [6.07, 6.45) is 4.98. The molecular weight excluding hydrogens is 258 g/mol. The van der Waals surface area contributed by atoms with Crippen molar-refractivity contribution in [2.24, 2.45) is 0 Å². The summed E-state index contributed by atoms with van der Waals surface area (Å²) in [5.74, 6) is 0. The Morgan fingerprint density at radius 3 is 2.74 bits per heavy atom. The highest BCUT2D eigenvalue weighted by molar-refractivity contribution is 7.95. The van der Waals surface area contributed by atoms with Crippen LogP contribution in [0.15, 0.2) is 28.5 Å². The third kappa shape index (κ3) is 2.47. The summed E-state index contributed by atoms with van der Waals surface area (Å²) in [5, 5.41) is 4.91. The van der Waals surface area contributed by atoms with Gasteiger partial charge in [0.15, 0.2) is 0 Å². The van der Waals surface area contributed by atoms with E-state index in [9.17, 15) is 8.42 Å². The fourth-order valence-electron chi connectivity index (χ4n) is 2.97. The van der Waals surface area contributed by atoms with Gasteiger partial charge in [0.2, 0.25) is 9.84 Å². The van der Waals surface area contributed by atoms with Crippen LogP contribution in [0.3, 0.4) is 0 Å². The molecule has 1 N–H and O–H groups in total. The highest BCUT2D eigenvalue weighted by Gasteiger charge is 2.27. The summed E-state index contributed by atoms with van der Waals surface area (Å²) < 4.78 is 24.2. The molecule has 102 valence electrons. The van der Waals surface area contributed by atoms with Crippen LogP contribution in [0, 0.1) is 6.92 Å². The first kappa shape index (κ1) is 12.9. The smallest absolute Gasteiger partial charge is 0.200 e. The molecular formula is C15H19NO2S. The second-order valence-electron chi connectivity index (χ2n) is 5.55. The number of hydrogen-bond donors (Lipinski definition) is 1. The zero-order valence-electron chi connectivity index (χ0n) is 11.1. The van der Waals surface area contributed by atoms with Gasteiger partial charge in [0.05, 0.1) is 4.90 Å². The Morgan fingerprint density at radius 2 is 2.00 bits per heavy atom. The van der Waals surface area contributed by atoms with Gasteiger partial charge in [-0.3, -0.25) is 0 Å². The Kier molecular flexibility index (Phi) is 3.23. The minimum atomic E-state index is -3.23. The Morgan fingerprint density at radius 1 is 1.26 bits per heavy atom. The standard InChI is InChI=1S/C15H19NO2S/c1-11-6-7-14-12(9-16-13-4-2-3-5-13)10-19(17,18)15(14)8-11/h6-8,10,13,16H,2-5,9H2,1H3. The second kappa shape index (κ2) is 4.76. The molecule has 4 heteroatoms. The molecule has 1 fully saturated rings. The van der Waals surface area contributed by atoms with Crippen LogP contribution in [-0.2, 0) is 9.84 Å². The van der Waals surface area contributed by atoms with Gasteiger partial charge in [-0.15, -0.1) is 0 Å². The molecule has 1 aromatic carbocycles. The summed E-state index contributed by atoms with van der Waals surface area (Å²) in [6.45, 7) is 2.57. The maximum atomic E-state index is 12.1. The highest BCUT2D eigenvalue weighted by Crippen LogP contribution is 2.33. The van der Waals surface area contributed by atoms with Crippen molar-refractivity contribution in [2.75, 3.05) is 6.54 Å². The highest BCUT2D eigenvalue weighted by atomic mass is 32.2. The average molecular weight is 277 g/mol. The number of benzene rings is 1. The average Bonchev–Trinajstić information content (AvgIpc) is 2.94. The third-order valence-corrected chi connectivity index (χ3v) is 5.57. The van der Waals surface area contributed by atoms with Crippen molar-refractivity contribution in [1.29, 1.82) is 0 Å². The van der Waals surface area contributed by atoms with Crippen molar-refractivity contribution in [2.45, 2.75) is 43.5 Å². The predicted molar refractivity (Wildman–Crippen MR) is 76.6 cm³/mol. The molecule has 0 bridgehead atoms. The van der Waals surface area contributed by atoms with E-state index >= 15 is 0 Å². The molecule has 1 heterocycles. The van der Waals surface area contributed by atoms with E-state index in [4.69, 9.17) is 0 Å². The fourth-order valence-corrected chi connectivity index (χ4v) is 4.53. The van der Waals surface area contributed by atoms with Crippen LogP contribution in [0.5, 0.6) is 0 Å². The number of fused-ring (bicyclic) bond motifs is 1. The van der Waals surface area contributed by atoms with E-state index in [-0.39, 0.29) is 0 Å². The molecule has 0 amide bonds. The second-order valence-corrected chi connectivity index (χ2v) is 7.32. The Bertz CT molecular complexity index is 626. The van der Waals surface area contributed by atoms with Gasteiger partial charge < -0.3 is 5.32 Å². The van der Waals surface area contributed by atoms with Crippen LogP contribution >= 0.6 is 0 Å². The van der Waals surface area contributed by atoms with Gasteiger partial charge in [0.25, 0.3) is 0 Å². The predicted octanol–water partition coefficient (Wildman–Crippen LogP) is 2.66. The fraction of sp³-hybridized carbons (Fsp3) is 0.467. The van der Waals surface area contributed by atoms with Gasteiger partial charge in [0.1, 0.15) is 0 Å². The minimum Gasteiger partial charge on any atom is -0.310 e. The first-order chi connectivity index (χ1) is 9.06.